The van der Waals surface area contributed by atoms with Crippen LogP contribution in [-0.4, -0.2) is 48.2 Å². The van der Waals surface area contributed by atoms with Gasteiger partial charge >= 0.3 is 0 Å². The second-order valence-corrected chi connectivity index (χ2v) is 8.28. The summed E-state index contributed by atoms with van der Waals surface area (Å²) in [5.41, 5.74) is 2.36. The van der Waals surface area contributed by atoms with Crippen molar-refractivity contribution in [3.63, 3.8) is 0 Å². The molecule has 6 nitrogen and oxygen atoms in total. The molecule has 1 fully saturated rings. The number of morpholine rings is 1. The van der Waals surface area contributed by atoms with Gasteiger partial charge in [0.1, 0.15) is 10.7 Å². The predicted octanol–water partition coefficient (Wildman–Crippen LogP) is 3.71. The maximum absolute atomic E-state index is 6.05. The number of rotatable bonds is 6. The third-order valence-electron chi connectivity index (χ3n) is 5.09. The molecule has 2 aromatic heterocycles. The Balaban J connectivity index is 1.62. The van der Waals surface area contributed by atoms with E-state index >= 15 is 0 Å². The van der Waals surface area contributed by atoms with Gasteiger partial charge < -0.3 is 4.74 Å². The molecular weight excluding hydrogens is 372 g/mol. The number of hydroxylamine groups is 1. The van der Waals surface area contributed by atoms with Crippen LogP contribution in [0, 0.1) is 13.8 Å². The van der Waals surface area contributed by atoms with Gasteiger partial charge in [-0.15, -0.1) is 11.3 Å². The molecule has 0 unspecified atom stereocenters. The molecule has 0 N–H and O–H groups in total. The second-order valence-electron chi connectivity index (χ2n) is 7.07. The summed E-state index contributed by atoms with van der Waals surface area (Å²) in [5.74, 6) is 1.67. The molecule has 3 heterocycles. The van der Waals surface area contributed by atoms with Gasteiger partial charge in [-0.1, -0.05) is 30.3 Å². The van der Waals surface area contributed by atoms with E-state index in [4.69, 9.17) is 19.5 Å². The summed E-state index contributed by atoms with van der Waals surface area (Å²) in [4.78, 5) is 20.4. The van der Waals surface area contributed by atoms with Crippen LogP contribution in [0.1, 0.15) is 21.8 Å². The third-order valence-corrected chi connectivity index (χ3v) is 6.19. The summed E-state index contributed by atoms with van der Waals surface area (Å²) in [7, 11) is 1.93. The average Bonchev–Trinajstić information content (AvgIpc) is 3.01. The standard InChI is InChI=1S/C21H26N4O2S/c1-15-16(2)28-21-19(15)20(24(3)27-14-17-7-5-4-6-8-17)22-18(23-21)13-25-9-11-26-12-10-25/h4-8H,9-14H2,1-3H3. The number of thiophene rings is 1. The first-order chi connectivity index (χ1) is 13.6. The van der Waals surface area contributed by atoms with Crippen LogP contribution >= 0.6 is 11.3 Å². The van der Waals surface area contributed by atoms with Crippen LogP contribution in [0.3, 0.4) is 0 Å². The minimum Gasteiger partial charge on any atom is -0.379 e. The zero-order valence-electron chi connectivity index (χ0n) is 16.6. The maximum Gasteiger partial charge on any atom is 0.164 e. The summed E-state index contributed by atoms with van der Waals surface area (Å²) < 4.78 is 5.45. The van der Waals surface area contributed by atoms with Gasteiger partial charge in [0.2, 0.25) is 0 Å². The number of hydrogen-bond donors (Lipinski definition) is 0. The number of hydrogen-bond acceptors (Lipinski definition) is 7. The van der Waals surface area contributed by atoms with Crippen molar-refractivity contribution < 1.29 is 9.57 Å². The fourth-order valence-electron chi connectivity index (χ4n) is 3.34. The molecule has 1 saturated heterocycles. The van der Waals surface area contributed by atoms with Crippen LogP contribution in [0.4, 0.5) is 5.82 Å². The van der Waals surface area contributed by atoms with E-state index in [9.17, 15) is 0 Å². The molecule has 3 aromatic rings. The van der Waals surface area contributed by atoms with Crippen molar-refractivity contribution in [2.75, 3.05) is 38.4 Å². The Hall–Kier alpha value is -2.06. The van der Waals surface area contributed by atoms with Crippen LogP contribution in [0.25, 0.3) is 10.2 Å². The van der Waals surface area contributed by atoms with Crippen LogP contribution in [0.2, 0.25) is 0 Å². The molecular formula is C21H26N4O2S. The van der Waals surface area contributed by atoms with Gasteiger partial charge in [-0.2, -0.15) is 0 Å². The Morgan fingerprint density at radius 3 is 2.64 bits per heavy atom. The maximum atomic E-state index is 6.05. The lowest BCUT2D eigenvalue weighted by Crippen LogP contribution is -2.36. The zero-order valence-corrected chi connectivity index (χ0v) is 17.5. The van der Waals surface area contributed by atoms with Crippen molar-refractivity contribution in [3.05, 3.63) is 52.2 Å². The molecule has 7 heteroatoms. The minimum absolute atomic E-state index is 0.504. The minimum atomic E-state index is 0.504. The van der Waals surface area contributed by atoms with Gasteiger partial charge in [-0.3, -0.25) is 9.74 Å². The number of aromatic nitrogens is 2. The van der Waals surface area contributed by atoms with Crippen molar-refractivity contribution in [3.8, 4) is 0 Å². The number of nitrogens with zero attached hydrogens (tertiary/aromatic N) is 4. The molecule has 0 saturated carbocycles. The molecule has 1 aliphatic heterocycles. The largest absolute Gasteiger partial charge is 0.379 e. The van der Waals surface area contributed by atoms with Crippen LogP contribution in [0.15, 0.2) is 30.3 Å². The summed E-state index contributed by atoms with van der Waals surface area (Å²) in [6, 6.07) is 10.2. The van der Waals surface area contributed by atoms with E-state index in [1.165, 1.54) is 10.4 Å². The van der Waals surface area contributed by atoms with E-state index < -0.39 is 0 Å². The lowest BCUT2D eigenvalue weighted by atomic mass is 10.2. The van der Waals surface area contributed by atoms with Crippen molar-refractivity contribution in [2.24, 2.45) is 0 Å². The predicted molar refractivity (Wildman–Crippen MR) is 113 cm³/mol. The first-order valence-corrected chi connectivity index (χ1v) is 10.4. The van der Waals surface area contributed by atoms with Gasteiger partial charge in [-0.25, -0.2) is 15.0 Å². The highest BCUT2D eigenvalue weighted by Crippen LogP contribution is 2.35. The van der Waals surface area contributed by atoms with Crippen LogP contribution in [-0.2, 0) is 22.7 Å². The highest BCUT2D eigenvalue weighted by Gasteiger charge is 2.20. The van der Waals surface area contributed by atoms with Crippen molar-refractivity contribution in [1.82, 2.24) is 14.9 Å². The SMILES string of the molecule is Cc1sc2nc(CN3CCOCC3)nc(N(C)OCc3ccccc3)c2c1C. The molecule has 0 aliphatic carbocycles. The molecule has 4 rings (SSSR count). The van der Waals surface area contributed by atoms with Crippen LogP contribution < -0.4 is 5.06 Å². The van der Waals surface area contributed by atoms with E-state index in [0.29, 0.717) is 6.61 Å². The average molecular weight is 399 g/mol. The molecule has 148 valence electrons. The smallest absolute Gasteiger partial charge is 0.164 e. The second kappa shape index (κ2) is 8.53. The van der Waals surface area contributed by atoms with Gasteiger partial charge in [-0.05, 0) is 25.0 Å². The monoisotopic (exact) mass is 398 g/mol. The van der Waals surface area contributed by atoms with Gasteiger partial charge in [0.05, 0.1) is 31.8 Å². The molecule has 0 amide bonds. The molecule has 0 bridgehead atoms. The number of aryl methyl sites for hydroxylation is 2. The van der Waals surface area contributed by atoms with Crippen molar-refractivity contribution in [2.45, 2.75) is 27.0 Å². The van der Waals surface area contributed by atoms with E-state index in [0.717, 1.165) is 60.3 Å². The van der Waals surface area contributed by atoms with E-state index in [2.05, 4.69) is 30.9 Å². The van der Waals surface area contributed by atoms with Crippen molar-refractivity contribution >= 4 is 27.4 Å². The van der Waals surface area contributed by atoms with Crippen molar-refractivity contribution in [1.29, 1.82) is 0 Å². The first kappa shape index (κ1) is 19.3. The number of anilines is 1. The third kappa shape index (κ3) is 4.17. The van der Waals surface area contributed by atoms with Gasteiger partial charge in [0.25, 0.3) is 0 Å². The topological polar surface area (TPSA) is 50.7 Å². The number of benzene rings is 1. The number of ether oxygens (including phenoxy) is 1. The molecule has 0 spiro atoms. The summed E-state index contributed by atoms with van der Waals surface area (Å²) in [6.45, 7) is 8.88. The Kier molecular flexibility index (Phi) is 5.87. The quantitative estimate of drug-likeness (QED) is 0.590. The molecule has 0 radical (unpaired) electrons. The molecule has 1 aliphatic rings. The lowest BCUT2D eigenvalue weighted by Gasteiger charge is -2.26. The molecule has 28 heavy (non-hydrogen) atoms. The molecule has 1 aromatic carbocycles. The summed E-state index contributed by atoms with van der Waals surface area (Å²) in [5, 5.41) is 2.88. The van der Waals surface area contributed by atoms with E-state index in [1.807, 2.05) is 25.2 Å². The van der Waals surface area contributed by atoms with Gasteiger partial charge in [0.15, 0.2) is 5.82 Å². The van der Waals surface area contributed by atoms with E-state index in [-0.39, 0.29) is 0 Å². The Labute approximate surface area is 169 Å². The first-order valence-electron chi connectivity index (χ1n) is 9.59. The Bertz CT molecular complexity index is 938. The fourth-order valence-corrected chi connectivity index (χ4v) is 4.38. The Morgan fingerprint density at radius 1 is 1.14 bits per heavy atom. The highest BCUT2D eigenvalue weighted by molar-refractivity contribution is 7.18. The number of fused-ring (bicyclic) bond motifs is 1. The fraction of sp³-hybridized carbons (Fsp3) is 0.429. The lowest BCUT2D eigenvalue weighted by molar-refractivity contribution is 0.0330. The highest BCUT2D eigenvalue weighted by atomic mass is 32.1. The zero-order chi connectivity index (χ0) is 19.5. The molecule has 0 atom stereocenters. The Morgan fingerprint density at radius 2 is 1.89 bits per heavy atom. The normalized spacial score (nSPS) is 15.2. The van der Waals surface area contributed by atoms with E-state index in [1.54, 1.807) is 16.4 Å². The summed E-state index contributed by atoms with van der Waals surface area (Å²) >= 11 is 1.72. The van der Waals surface area contributed by atoms with Gasteiger partial charge in [0, 0.05) is 25.0 Å². The van der Waals surface area contributed by atoms with Crippen LogP contribution in [0.5, 0.6) is 0 Å². The summed E-state index contributed by atoms with van der Waals surface area (Å²) in [6.07, 6.45) is 0.